The number of alkyl halides is 3. The predicted molar refractivity (Wildman–Crippen MR) is 97.1 cm³/mol. The van der Waals surface area contributed by atoms with E-state index in [9.17, 15) is 18.0 Å². The second-order valence-electron chi connectivity index (χ2n) is 6.87. The van der Waals surface area contributed by atoms with Crippen molar-refractivity contribution in [1.29, 1.82) is 0 Å². The smallest absolute Gasteiger partial charge is 0.376 e. The SMILES string of the molecule is CC1CCCCN1CCCCNC(=O)CNc1cccc(C(F)(F)F)c1. The summed E-state index contributed by atoms with van der Waals surface area (Å²) in [6.45, 7) is 5.03. The van der Waals surface area contributed by atoms with Crippen LogP contribution in [0.2, 0.25) is 0 Å². The van der Waals surface area contributed by atoms with E-state index in [-0.39, 0.29) is 18.1 Å². The highest BCUT2D eigenvalue weighted by atomic mass is 19.4. The van der Waals surface area contributed by atoms with Crippen LogP contribution in [0, 0.1) is 0 Å². The maximum atomic E-state index is 12.7. The molecule has 2 N–H and O–H groups in total. The number of rotatable bonds is 8. The molecule has 0 aromatic heterocycles. The topological polar surface area (TPSA) is 44.4 Å². The first-order valence-corrected chi connectivity index (χ1v) is 9.28. The lowest BCUT2D eigenvalue weighted by molar-refractivity contribution is -0.137. The summed E-state index contributed by atoms with van der Waals surface area (Å²) in [5, 5.41) is 5.54. The van der Waals surface area contributed by atoms with Crippen LogP contribution in [0.1, 0.15) is 44.6 Å². The van der Waals surface area contributed by atoms with Gasteiger partial charge >= 0.3 is 6.18 Å². The van der Waals surface area contributed by atoms with Gasteiger partial charge in [-0.1, -0.05) is 12.5 Å². The number of halogens is 3. The molecule has 1 heterocycles. The van der Waals surface area contributed by atoms with Crippen molar-refractivity contribution in [3.63, 3.8) is 0 Å². The lowest BCUT2D eigenvalue weighted by Gasteiger charge is -2.33. The molecule has 1 saturated heterocycles. The molecule has 0 saturated carbocycles. The van der Waals surface area contributed by atoms with Crippen LogP contribution < -0.4 is 10.6 Å². The van der Waals surface area contributed by atoms with Gasteiger partial charge in [0.15, 0.2) is 0 Å². The Morgan fingerprint density at radius 2 is 2.08 bits per heavy atom. The van der Waals surface area contributed by atoms with E-state index >= 15 is 0 Å². The summed E-state index contributed by atoms with van der Waals surface area (Å²) in [7, 11) is 0. The fourth-order valence-electron chi connectivity index (χ4n) is 3.21. The summed E-state index contributed by atoms with van der Waals surface area (Å²) < 4.78 is 38.0. The predicted octanol–water partition coefficient (Wildman–Crippen LogP) is 3.89. The maximum absolute atomic E-state index is 12.7. The molecule has 2 rings (SSSR count). The van der Waals surface area contributed by atoms with Gasteiger partial charge in [0.1, 0.15) is 0 Å². The molecular weight excluding hydrogens is 343 g/mol. The van der Waals surface area contributed by atoms with E-state index in [1.165, 1.54) is 31.4 Å². The van der Waals surface area contributed by atoms with E-state index in [0.717, 1.165) is 38.1 Å². The van der Waals surface area contributed by atoms with E-state index in [2.05, 4.69) is 22.5 Å². The van der Waals surface area contributed by atoms with Gasteiger partial charge in [0.05, 0.1) is 12.1 Å². The normalized spacial score (nSPS) is 18.5. The molecule has 146 valence electrons. The molecule has 1 amide bonds. The fourth-order valence-corrected chi connectivity index (χ4v) is 3.21. The molecule has 0 radical (unpaired) electrons. The van der Waals surface area contributed by atoms with Crippen molar-refractivity contribution < 1.29 is 18.0 Å². The number of hydrogen-bond donors (Lipinski definition) is 2. The monoisotopic (exact) mass is 371 g/mol. The largest absolute Gasteiger partial charge is 0.416 e. The number of hydrogen-bond acceptors (Lipinski definition) is 3. The number of amides is 1. The van der Waals surface area contributed by atoms with Crippen molar-refractivity contribution in [2.45, 2.75) is 51.2 Å². The number of nitrogens with one attached hydrogen (secondary N) is 2. The molecule has 1 atom stereocenters. The number of carbonyl (C=O) groups is 1. The zero-order valence-electron chi connectivity index (χ0n) is 15.2. The van der Waals surface area contributed by atoms with Crippen molar-refractivity contribution in [3.05, 3.63) is 29.8 Å². The molecule has 7 heteroatoms. The molecule has 4 nitrogen and oxygen atoms in total. The molecule has 1 aromatic carbocycles. The molecule has 0 bridgehead atoms. The molecule has 1 aliphatic rings. The molecular formula is C19H28F3N3O. The van der Waals surface area contributed by atoms with Gasteiger partial charge in [-0.05, 0) is 63.9 Å². The van der Waals surface area contributed by atoms with E-state index < -0.39 is 11.7 Å². The Morgan fingerprint density at radius 1 is 1.27 bits per heavy atom. The molecule has 0 spiro atoms. The Bertz CT molecular complexity index is 577. The van der Waals surface area contributed by atoms with Crippen LogP contribution in [0.25, 0.3) is 0 Å². The summed E-state index contributed by atoms with van der Waals surface area (Å²) in [6.07, 6.45) is 1.39. The molecule has 1 aliphatic heterocycles. The first kappa shape index (κ1) is 20.6. The first-order chi connectivity index (χ1) is 12.4. The van der Waals surface area contributed by atoms with Crippen LogP contribution in [0.3, 0.4) is 0 Å². The number of unbranched alkanes of at least 4 members (excludes halogenated alkanes) is 1. The highest BCUT2D eigenvalue weighted by molar-refractivity contribution is 5.80. The quantitative estimate of drug-likeness (QED) is 0.682. The van der Waals surface area contributed by atoms with Crippen molar-refractivity contribution in [2.75, 3.05) is 31.5 Å². The average molecular weight is 371 g/mol. The third-order valence-corrected chi connectivity index (χ3v) is 4.78. The van der Waals surface area contributed by atoms with Gasteiger partial charge in [-0.3, -0.25) is 4.79 Å². The van der Waals surface area contributed by atoms with Gasteiger partial charge in [0.2, 0.25) is 5.91 Å². The summed E-state index contributed by atoms with van der Waals surface area (Å²) in [6, 6.07) is 5.50. The Balaban J connectivity index is 1.60. The van der Waals surface area contributed by atoms with E-state index in [1.807, 2.05) is 0 Å². The number of nitrogens with zero attached hydrogens (tertiary/aromatic N) is 1. The highest BCUT2D eigenvalue weighted by Crippen LogP contribution is 2.30. The minimum absolute atomic E-state index is 0.0372. The van der Waals surface area contributed by atoms with Crippen molar-refractivity contribution in [1.82, 2.24) is 10.2 Å². The lowest BCUT2D eigenvalue weighted by Crippen LogP contribution is -2.38. The first-order valence-electron chi connectivity index (χ1n) is 9.28. The molecule has 26 heavy (non-hydrogen) atoms. The number of likely N-dealkylation sites (tertiary alicyclic amines) is 1. The van der Waals surface area contributed by atoms with Gasteiger partial charge in [-0.15, -0.1) is 0 Å². The standard InChI is InChI=1S/C19H28F3N3O/c1-15-7-2-4-11-25(15)12-5-3-10-23-18(26)14-24-17-9-6-8-16(13-17)19(20,21)22/h6,8-9,13,15,24H,2-5,7,10-12,14H2,1H3,(H,23,26). The van der Waals surface area contributed by atoms with Crippen LogP contribution in [0.15, 0.2) is 24.3 Å². The minimum Gasteiger partial charge on any atom is -0.376 e. The number of benzene rings is 1. The summed E-state index contributed by atoms with van der Waals surface area (Å²) in [5.41, 5.74) is -0.441. The molecule has 1 fully saturated rings. The van der Waals surface area contributed by atoms with Crippen LogP contribution >= 0.6 is 0 Å². The second-order valence-corrected chi connectivity index (χ2v) is 6.87. The Kier molecular flexibility index (Phi) is 7.75. The number of piperidine rings is 1. The number of anilines is 1. The zero-order chi connectivity index (χ0) is 19.0. The molecule has 1 aromatic rings. The van der Waals surface area contributed by atoms with E-state index in [1.54, 1.807) is 0 Å². The van der Waals surface area contributed by atoms with Crippen molar-refractivity contribution in [2.24, 2.45) is 0 Å². The Labute approximate surface area is 153 Å². The van der Waals surface area contributed by atoms with Crippen LogP contribution in [0.5, 0.6) is 0 Å². The zero-order valence-corrected chi connectivity index (χ0v) is 15.2. The van der Waals surface area contributed by atoms with Crippen LogP contribution in [0.4, 0.5) is 18.9 Å². The molecule has 0 aliphatic carbocycles. The molecule has 1 unspecified atom stereocenters. The summed E-state index contributed by atoms with van der Waals surface area (Å²) in [5.74, 6) is -0.214. The van der Waals surface area contributed by atoms with Gasteiger partial charge in [0.25, 0.3) is 0 Å². The Morgan fingerprint density at radius 3 is 2.81 bits per heavy atom. The maximum Gasteiger partial charge on any atom is 0.416 e. The van der Waals surface area contributed by atoms with Gasteiger partial charge < -0.3 is 15.5 Å². The van der Waals surface area contributed by atoms with Gasteiger partial charge in [-0.2, -0.15) is 13.2 Å². The summed E-state index contributed by atoms with van der Waals surface area (Å²) >= 11 is 0. The average Bonchev–Trinajstić information content (AvgIpc) is 2.61. The Hall–Kier alpha value is -1.76. The van der Waals surface area contributed by atoms with Gasteiger partial charge in [-0.25, -0.2) is 0 Å². The van der Waals surface area contributed by atoms with Crippen LogP contribution in [-0.2, 0) is 11.0 Å². The minimum atomic E-state index is -4.38. The van der Waals surface area contributed by atoms with E-state index in [0.29, 0.717) is 12.6 Å². The third-order valence-electron chi connectivity index (χ3n) is 4.78. The fraction of sp³-hybridized carbons (Fsp3) is 0.632. The van der Waals surface area contributed by atoms with Gasteiger partial charge in [0, 0.05) is 18.3 Å². The second kappa shape index (κ2) is 9.80. The van der Waals surface area contributed by atoms with E-state index in [4.69, 9.17) is 0 Å². The van der Waals surface area contributed by atoms with Crippen molar-refractivity contribution in [3.8, 4) is 0 Å². The van der Waals surface area contributed by atoms with Crippen molar-refractivity contribution >= 4 is 11.6 Å². The third kappa shape index (κ3) is 6.86. The highest BCUT2D eigenvalue weighted by Gasteiger charge is 2.30. The lowest BCUT2D eigenvalue weighted by atomic mass is 10.0. The van der Waals surface area contributed by atoms with Crippen LogP contribution in [-0.4, -0.2) is 43.0 Å². The number of carbonyl (C=O) groups excluding carboxylic acids is 1. The summed E-state index contributed by atoms with van der Waals surface area (Å²) in [4.78, 5) is 14.3.